The molecule has 1 aliphatic rings. The fourth-order valence-corrected chi connectivity index (χ4v) is 3.80. The van der Waals surface area contributed by atoms with Crippen molar-refractivity contribution in [3.8, 4) is 6.07 Å². The summed E-state index contributed by atoms with van der Waals surface area (Å²) in [7, 11) is 1.62. The van der Waals surface area contributed by atoms with Crippen molar-refractivity contribution in [3.63, 3.8) is 0 Å². The van der Waals surface area contributed by atoms with Crippen molar-refractivity contribution < 1.29 is 14.6 Å². The molecule has 1 amide bonds. The third kappa shape index (κ3) is 2.55. The van der Waals surface area contributed by atoms with Gasteiger partial charge in [0.2, 0.25) is 0 Å². The molecular formula is C17H22N2O3. The van der Waals surface area contributed by atoms with Gasteiger partial charge < -0.3 is 15.2 Å². The van der Waals surface area contributed by atoms with Gasteiger partial charge in [-0.2, -0.15) is 5.26 Å². The summed E-state index contributed by atoms with van der Waals surface area (Å²) in [5.74, 6) is 0. The molecule has 0 fully saturated rings. The van der Waals surface area contributed by atoms with Gasteiger partial charge in [0.25, 0.3) is 0 Å². The van der Waals surface area contributed by atoms with Crippen LogP contribution in [0.25, 0.3) is 0 Å². The van der Waals surface area contributed by atoms with E-state index in [4.69, 9.17) is 4.74 Å². The molecule has 2 rings (SSSR count). The van der Waals surface area contributed by atoms with Crippen molar-refractivity contribution in [1.29, 1.82) is 5.26 Å². The molecule has 0 saturated carbocycles. The Bertz CT molecular complexity index is 602. The molecule has 0 bridgehead atoms. The Hall–Kier alpha value is -2.06. The van der Waals surface area contributed by atoms with Crippen LogP contribution in [-0.4, -0.2) is 30.5 Å². The maximum atomic E-state index is 11.3. The number of ether oxygens (including phenoxy) is 1. The minimum absolute atomic E-state index is 0.212. The van der Waals surface area contributed by atoms with Gasteiger partial charge in [-0.15, -0.1) is 0 Å². The number of benzene rings is 1. The standard InChI is InChI=1S/C17H22N2O3/c1-4-17(5-2)13-8-11(10-18)6-7-12(13)9-14(22-3)15(17)19-16(20)21/h6-8,14-15,19H,4-5,9H2,1-3H3,(H,20,21)/t14-,15+/m1/s1. The zero-order chi connectivity index (χ0) is 16.3. The maximum Gasteiger partial charge on any atom is 0.404 e. The molecule has 2 atom stereocenters. The first kappa shape index (κ1) is 16.3. The average Bonchev–Trinajstić information content (AvgIpc) is 2.53. The summed E-state index contributed by atoms with van der Waals surface area (Å²) in [4.78, 5) is 11.3. The molecule has 0 heterocycles. The summed E-state index contributed by atoms with van der Waals surface area (Å²) in [6.45, 7) is 4.11. The number of hydrogen-bond donors (Lipinski definition) is 2. The van der Waals surface area contributed by atoms with Gasteiger partial charge in [0.15, 0.2) is 0 Å². The largest absolute Gasteiger partial charge is 0.465 e. The molecule has 118 valence electrons. The van der Waals surface area contributed by atoms with E-state index in [9.17, 15) is 15.2 Å². The predicted octanol–water partition coefficient (Wildman–Crippen LogP) is 2.82. The van der Waals surface area contributed by atoms with Gasteiger partial charge in [0.05, 0.1) is 23.8 Å². The van der Waals surface area contributed by atoms with Crippen LogP contribution in [0, 0.1) is 11.3 Å². The lowest BCUT2D eigenvalue weighted by Crippen LogP contribution is -2.60. The highest BCUT2D eigenvalue weighted by atomic mass is 16.5. The summed E-state index contributed by atoms with van der Waals surface area (Å²) < 4.78 is 5.59. The van der Waals surface area contributed by atoms with Crippen molar-refractivity contribution in [2.75, 3.05) is 7.11 Å². The smallest absolute Gasteiger partial charge is 0.404 e. The minimum atomic E-state index is -1.04. The quantitative estimate of drug-likeness (QED) is 0.896. The second-order valence-electron chi connectivity index (χ2n) is 5.75. The molecule has 5 heteroatoms. The second-order valence-corrected chi connectivity index (χ2v) is 5.75. The predicted molar refractivity (Wildman–Crippen MR) is 82.9 cm³/mol. The van der Waals surface area contributed by atoms with Crippen LogP contribution in [0.5, 0.6) is 0 Å². The molecule has 1 aromatic carbocycles. The summed E-state index contributed by atoms with van der Waals surface area (Å²) in [6, 6.07) is 7.54. The topological polar surface area (TPSA) is 82.3 Å². The van der Waals surface area contributed by atoms with Crippen molar-refractivity contribution >= 4 is 6.09 Å². The fraction of sp³-hybridized carbons (Fsp3) is 0.529. The number of carbonyl (C=O) groups is 1. The average molecular weight is 302 g/mol. The van der Waals surface area contributed by atoms with Gasteiger partial charge in [-0.3, -0.25) is 0 Å². The van der Waals surface area contributed by atoms with Crippen molar-refractivity contribution in [2.24, 2.45) is 0 Å². The zero-order valence-corrected chi connectivity index (χ0v) is 13.2. The Morgan fingerprint density at radius 1 is 1.50 bits per heavy atom. The van der Waals surface area contributed by atoms with Gasteiger partial charge >= 0.3 is 6.09 Å². The van der Waals surface area contributed by atoms with Crippen LogP contribution in [-0.2, 0) is 16.6 Å². The van der Waals surface area contributed by atoms with Crippen LogP contribution in [0.1, 0.15) is 43.4 Å². The number of rotatable bonds is 4. The first-order valence-corrected chi connectivity index (χ1v) is 7.58. The fourth-order valence-electron chi connectivity index (χ4n) is 3.80. The van der Waals surface area contributed by atoms with E-state index in [2.05, 4.69) is 25.2 Å². The number of fused-ring (bicyclic) bond motifs is 1. The lowest BCUT2D eigenvalue weighted by molar-refractivity contribution is 0.0253. The van der Waals surface area contributed by atoms with Crippen molar-refractivity contribution in [1.82, 2.24) is 5.32 Å². The molecule has 22 heavy (non-hydrogen) atoms. The van der Waals surface area contributed by atoms with Gasteiger partial charge in [-0.1, -0.05) is 19.9 Å². The summed E-state index contributed by atoms with van der Waals surface area (Å²) in [6.07, 6.45) is 0.936. The monoisotopic (exact) mass is 302 g/mol. The van der Waals surface area contributed by atoms with Gasteiger partial charge in [-0.05, 0) is 36.1 Å². The third-order valence-corrected chi connectivity index (χ3v) is 5.01. The van der Waals surface area contributed by atoms with E-state index in [0.717, 1.165) is 24.0 Å². The van der Waals surface area contributed by atoms with E-state index in [-0.39, 0.29) is 17.6 Å². The number of methoxy groups -OCH3 is 1. The molecule has 0 aromatic heterocycles. The Morgan fingerprint density at radius 3 is 2.68 bits per heavy atom. The molecule has 0 aliphatic heterocycles. The minimum Gasteiger partial charge on any atom is -0.465 e. The SMILES string of the molecule is CCC1(CC)c2cc(C#N)ccc2C[C@@H](OC)[C@@H]1NC(=O)O. The van der Waals surface area contributed by atoms with Gasteiger partial charge in [0.1, 0.15) is 0 Å². The molecule has 2 N–H and O–H groups in total. The first-order valence-electron chi connectivity index (χ1n) is 7.58. The molecule has 1 aliphatic carbocycles. The van der Waals surface area contributed by atoms with Gasteiger partial charge in [-0.25, -0.2) is 4.79 Å². The number of amides is 1. The molecule has 1 aromatic rings. The number of nitrogens with zero attached hydrogens (tertiary/aromatic N) is 1. The number of carboxylic acid groups (broad SMARTS) is 1. The molecule has 0 saturated heterocycles. The number of nitriles is 1. The summed E-state index contributed by atoms with van der Waals surface area (Å²) in [5, 5.41) is 21.1. The molecule has 5 nitrogen and oxygen atoms in total. The molecule has 0 spiro atoms. The van der Waals surface area contributed by atoms with E-state index in [0.29, 0.717) is 12.0 Å². The van der Waals surface area contributed by atoms with Crippen LogP contribution in [0.3, 0.4) is 0 Å². The highest BCUT2D eigenvalue weighted by Gasteiger charge is 2.47. The van der Waals surface area contributed by atoms with Crippen LogP contribution in [0.4, 0.5) is 4.79 Å². The lowest BCUT2D eigenvalue weighted by Gasteiger charge is -2.48. The van der Waals surface area contributed by atoms with E-state index < -0.39 is 6.09 Å². The van der Waals surface area contributed by atoms with E-state index >= 15 is 0 Å². The highest BCUT2D eigenvalue weighted by Crippen LogP contribution is 2.44. The van der Waals surface area contributed by atoms with Crippen LogP contribution in [0.2, 0.25) is 0 Å². The zero-order valence-electron chi connectivity index (χ0n) is 13.2. The first-order chi connectivity index (χ1) is 10.5. The number of hydrogen-bond acceptors (Lipinski definition) is 3. The highest BCUT2D eigenvalue weighted by molar-refractivity contribution is 5.66. The Labute approximate surface area is 130 Å². The maximum absolute atomic E-state index is 11.3. The van der Waals surface area contributed by atoms with Crippen LogP contribution in [0.15, 0.2) is 18.2 Å². The molecule has 0 unspecified atom stereocenters. The number of nitrogens with one attached hydrogen (secondary N) is 1. The lowest BCUT2D eigenvalue weighted by atomic mass is 9.62. The van der Waals surface area contributed by atoms with Crippen LogP contribution >= 0.6 is 0 Å². The second kappa shape index (κ2) is 6.37. The van der Waals surface area contributed by atoms with Gasteiger partial charge in [0, 0.05) is 18.9 Å². The van der Waals surface area contributed by atoms with Crippen molar-refractivity contribution in [2.45, 2.75) is 50.7 Å². The third-order valence-electron chi connectivity index (χ3n) is 5.01. The van der Waals surface area contributed by atoms with E-state index in [1.807, 2.05) is 18.2 Å². The summed E-state index contributed by atoms with van der Waals surface area (Å²) >= 11 is 0. The van der Waals surface area contributed by atoms with E-state index in [1.54, 1.807) is 7.11 Å². The van der Waals surface area contributed by atoms with Crippen LogP contribution < -0.4 is 5.32 Å². The Morgan fingerprint density at radius 2 is 2.18 bits per heavy atom. The summed E-state index contributed by atoms with van der Waals surface area (Å²) in [5.41, 5.74) is 2.45. The Balaban J connectivity index is 2.63. The normalized spacial score (nSPS) is 22.5. The van der Waals surface area contributed by atoms with Crippen molar-refractivity contribution in [3.05, 3.63) is 34.9 Å². The molecule has 0 radical (unpaired) electrons. The van der Waals surface area contributed by atoms with E-state index in [1.165, 1.54) is 0 Å². The Kier molecular flexibility index (Phi) is 4.72. The molecular weight excluding hydrogens is 280 g/mol.